The van der Waals surface area contributed by atoms with Crippen LogP contribution in [0.1, 0.15) is 39.8 Å². The van der Waals surface area contributed by atoms with Gasteiger partial charge >= 0.3 is 0 Å². The first kappa shape index (κ1) is 26.7. The number of Topliss-reactive ketones (excluding diaryl/α,β-unsaturated/α-hetero) is 1. The SMILES string of the molecule is CCC(=O)c1cnc(Nc2cccc(C#N)n2)cc1Nc1cccc(-c2ncc(C(=O)N(C)C)cn2)c1OC. The highest BCUT2D eigenvalue weighted by atomic mass is 16.5. The normalized spacial score (nSPS) is 10.3. The van der Waals surface area contributed by atoms with E-state index in [0.29, 0.717) is 51.3 Å². The maximum atomic E-state index is 12.7. The quantitative estimate of drug-likeness (QED) is 0.299. The van der Waals surface area contributed by atoms with Crippen molar-refractivity contribution in [2.24, 2.45) is 0 Å². The van der Waals surface area contributed by atoms with Crippen molar-refractivity contribution < 1.29 is 14.3 Å². The van der Waals surface area contributed by atoms with Crippen molar-refractivity contribution in [3.63, 3.8) is 0 Å². The third kappa shape index (κ3) is 5.97. The van der Waals surface area contributed by atoms with E-state index in [4.69, 9.17) is 10.00 Å². The molecule has 11 nitrogen and oxygen atoms in total. The van der Waals surface area contributed by atoms with Crippen molar-refractivity contribution in [1.29, 1.82) is 5.26 Å². The van der Waals surface area contributed by atoms with Gasteiger partial charge in [-0.2, -0.15) is 5.26 Å². The third-order valence-corrected chi connectivity index (χ3v) is 5.68. The molecule has 3 aromatic heterocycles. The van der Waals surface area contributed by atoms with E-state index in [0.717, 1.165) is 0 Å². The van der Waals surface area contributed by atoms with Crippen LogP contribution < -0.4 is 15.4 Å². The summed E-state index contributed by atoms with van der Waals surface area (Å²) in [5.74, 6) is 1.39. The summed E-state index contributed by atoms with van der Waals surface area (Å²) in [7, 11) is 4.84. The van der Waals surface area contributed by atoms with Crippen LogP contribution in [-0.4, -0.2) is 57.7 Å². The number of carbonyl (C=O) groups is 2. The maximum Gasteiger partial charge on any atom is 0.256 e. The van der Waals surface area contributed by atoms with E-state index in [2.05, 4.69) is 30.6 Å². The average molecular weight is 523 g/mol. The Hall–Kier alpha value is -5.37. The van der Waals surface area contributed by atoms with Crippen molar-refractivity contribution in [3.05, 3.63) is 77.9 Å². The molecule has 1 amide bonds. The Morgan fingerprint density at radius 2 is 1.72 bits per heavy atom. The number of carbonyl (C=O) groups excluding carboxylic acids is 2. The average Bonchev–Trinajstić information content (AvgIpc) is 2.96. The molecular formula is C28H26N8O3. The lowest BCUT2D eigenvalue weighted by Crippen LogP contribution is -2.22. The second-order valence-electron chi connectivity index (χ2n) is 8.54. The fourth-order valence-electron chi connectivity index (χ4n) is 3.75. The Bertz CT molecular complexity index is 1560. The molecule has 0 spiro atoms. The number of benzene rings is 1. The highest BCUT2D eigenvalue weighted by molar-refractivity contribution is 6.02. The van der Waals surface area contributed by atoms with Gasteiger partial charge in [0.15, 0.2) is 17.4 Å². The fraction of sp³-hybridized carbons (Fsp3) is 0.179. The Kier molecular flexibility index (Phi) is 8.06. The van der Waals surface area contributed by atoms with Crippen LogP contribution in [0.4, 0.5) is 23.0 Å². The number of hydrogen-bond acceptors (Lipinski definition) is 10. The topological polar surface area (TPSA) is 146 Å². The Morgan fingerprint density at radius 3 is 2.38 bits per heavy atom. The summed E-state index contributed by atoms with van der Waals surface area (Å²) < 4.78 is 5.72. The lowest BCUT2D eigenvalue weighted by atomic mass is 10.1. The van der Waals surface area contributed by atoms with Crippen molar-refractivity contribution in [2.45, 2.75) is 13.3 Å². The van der Waals surface area contributed by atoms with E-state index < -0.39 is 0 Å². The minimum absolute atomic E-state index is 0.0965. The summed E-state index contributed by atoms with van der Waals surface area (Å²) >= 11 is 0. The van der Waals surface area contributed by atoms with E-state index >= 15 is 0 Å². The van der Waals surface area contributed by atoms with Crippen LogP contribution in [0.25, 0.3) is 11.4 Å². The van der Waals surface area contributed by atoms with Gasteiger partial charge < -0.3 is 20.3 Å². The number of nitrogens with zero attached hydrogens (tertiary/aromatic N) is 6. The predicted octanol–water partition coefficient (Wildman–Crippen LogP) is 4.60. The van der Waals surface area contributed by atoms with Gasteiger partial charge in [-0.25, -0.2) is 19.9 Å². The maximum absolute atomic E-state index is 12.7. The molecule has 0 unspecified atom stereocenters. The molecule has 196 valence electrons. The van der Waals surface area contributed by atoms with E-state index in [9.17, 15) is 9.59 Å². The summed E-state index contributed by atoms with van der Waals surface area (Å²) in [5, 5.41) is 15.5. The van der Waals surface area contributed by atoms with Gasteiger partial charge in [0, 0.05) is 45.2 Å². The Balaban J connectivity index is 1.71. The smallest absolute Gasteiger partial charge is 0.256 e. The number of nitriles is 1. The fourth-order valence-corrected chi connectivity index (χ4v) is 3.75. The summed E-state index contributed by atoms with van der Waals surface area (Å²) in [6, 6.07) is 14.1. The number of amides is 1. The number of pyridine rings is 2. The molecule has 0 bridgehead atoms. The zero-order valence-electron chi connectivity index (χ0n) is 21.9. The van der Waals surface area contributed by atoms with Gasteiger partial charge in [0.05, 0.1) is 35.2 Å². The summed E-state index contributed by atoms with van der Waals surface area (Å²) in [5.41, 5.74) is 2.69. The van der Waals surface area contributed by atoms with E-state index in [-0.39, 0.29) is 23.8 Å². The highest BCUT2D eigenvalue weighted by Crippen LogP contribution is 2.37. The minimum atomic E-state index is -0.200. The Labute approximate surface area is 225 Å². The molecular weight excluding hydrogens is 496 g/mol. The van der Waals surface area contributed by atoms with Crippen LogP contribution in [0.5, 0.6) is 5.75 Å². The molecule has 0 saturated heterocycles. The van der Waals surface area contributed by atoms with Gasteiger partial charge in [0.1, 0.15) is 23.4 Å². The molecule has 4 aromatic rings. The van der Waals surface area contributed by atoms with Crippen molar-refractivity contribution >= 4 is 34.7 Å². The first-order valence-electron chi connectivity index (χ1n) is 12.0. The number of aromatic nitrogens is 4. The second kappa shape index (κ2) is 11.8. The molecule has 0 atom stereocenters. The number of hydrogen-bond donors (Lipinski definition) is 2. The summed E-state index contributed by atoms with van der Waals surface area (Å²) in [4.78, 5) is 43.7. The number of nitrogens with one attached hydrogen (secondary N) is 2. The number of ketones is 1. The molecule has 0 fully saturated rings. The lowest BCUT2D eigenvalue weighted by Gasteiger charge is -2.17. The van der Waals surface area contributed by atoms with Gasteiger partial charge in [-0.1, -0.05) is 19.1 Å². The zero-order chi connectivity index (χ0) is 27.9. The molecule has 4 rings (SSSR count). The van der Waals surface area contributed by atoms with Gasteiger partial charge in [-0.05, 0) is 24.3 Å². The zero-order valence-corrected chi connectivity index (χ0v) is 21.9. The van der Waals surface area contributed by atoms with Crippen LogP contribution in [0.2, 0.25) is 0 Å². The van der Waals surface area contributed by atoms with E-state index in [1.54, 1.807) is 63.5 Å². The number of rotatable bonds is 9. The monoisotopic (exact) mass is 522 g/mol. The van der Waals surface area contributed by atoms with E-state index in [1.807, 2.05) is 6.07 Å². The molecule has 0 aliphatic carbocycles. The molecule has 2 N–H and O–H groups in total. The van der Waals surface area contributed by atoms with Crippen molar-refractivity contribution in [3.8, 4) is 23.2 Å². The van der Waals surface area contributed by atoms with Crippen LogP contribution >= 0.6 is 0 Å². The molecule has 0 aliphatic rings. The number of anilines is 4. The van der Waals surface area contributed by atoms with Crippen LogP contribution in [0.15, 0.2) is 61.1 Å². The largest absolute Gasteiger partial charge is 0.494 e. The first-order chi connectivity index (χ1) is 18.8. The molecule has 0 aliphatic heterocycles. The second-order valence-corrected chi connectivity index (χ2v) is 8.54. The molecule has 0 radical (unpaired) electrons. The molecule has 1 aromatic carbocycles. The predicted molar refractivity (Wildman–Crippen MR) is 146 cm³/mol. The number of para-hydroxylation sites is 1. The van der Waals surface area contributed by atoms with Gasteiger partial charge in [-0.3, -0.25) is 9.59 Å². The van der Waals surface area contributed by atoms with Crippen molar-refractivity contribution in [1.82, 2.24) is 24.8 Å². The minimum Gasteiger partial charge on any atom is -0.494 e. The van der Waals surface area contributed by atoms with Gasteiger partial charge in [0.2, 0.25) is 0 Å². The van der Waals surface area contributed by atoms with E-state index in [1.165, 1.54) is 30.6 Å². The van der Waals surface area contributed by atoms with Crippen LogP contribution in [0.3, 0.4) is 0 Å². The van der Waals surface area contributed by atoms with Gasteiger partial charge in [-0.15, -0.1) is 0 Å². The third-order valence-electron chi connectivity index (χ3n) is 5.68. The van der Waals surface area contributed by atoms with Gasteiger partial charge in [0.25, 0.3) is 5.91 Å². The number of ether oxygens (including phenoxy) is 1. The summed E-state index contributed by atoms with van der Waals surface area (Å²) in [6.07, 6.45) is 4.72. The highest BCUT2D eigenvalue weighted by Gasteiger charge is 2.18. The molecule has 3 heterocycles. The lowest BCUT2D eigenvalue weighted by molar-refractivity contribution is 0.0826. The van der Waals surface area contributed by atoms with Crippen LogP contribution in [-0.2, 0) is 0 Å². The molecule has 11 heteroatoms. The molecule has 39 heavy (non-hydrogen) atoms. The number of methoxy groups -OCH3 is 1. The standard InChI is InChI=1S/C28H26N8O3/c1-5-23(37)20-16-30-25(35-24-11-6-8-18(13-29)33-24)12-22(20)34-21-10-7-9-19(26(21)39-4)27-31-14-17(15-32-27)28(38)36(2)3/h6-12,14-16H,5H2,1-4H3,(H2,30,33,34,35). The first-order valence-corrected chi connectivity index (χ1v) is 12.0. The Morgan fingerprint density at radius 1 is 0.974 bits per heavy atom. The van der Waals surface area contributed by atoms with Crippen LogP contribution in [0, 0.1) is 11.3 Å². The molecule has 0 saturated carbocycles. The van der Waals surface area contributed by atoms with Crippen molar-refractivity contribution in [2.75, 3.05) is 31.8 Å². The summed E-state index contributed by atoms with van der Waals surface area (Å²) in [6.45, 7) is 1.78.